The molecule has 4 atom stereocenters. The maximum Gasteiger partial charge on any atom is 0.442 e. The zero-order chi connectivity index (χ0) is 15.2. The minimum absolute atomic E-state index is 0.369. The Morgan fingerprint density at radius 3 is 2.16 bits per heavy atom. The lowest BCUT2D eigenvalue weighted by Gasteiger charge is -2.15. The Hall–Kier alpha value is -0.110. The number of hydrogen-bond acceptors (Lipinski definition) is 1. The first-order valence-electron chi connectivity index (χ1n) is 5.36. The highest BCUT2D eigenvalue weighted by Gasteiger charge is 2.65. The molecule has 0 spiro atoms. The molecule has 1 aliphatic rings. The van der Waals surface area contributed by atoms with Gasteiger partial charge in [0.15, 0.2) is 0 Å². The van der Waals surface area contributed by atoms with Gasteiger partial charge in [0, 0.05) is 9.65 Å². The first-order chi connectivity index (χ1) is 8.40. The van der Waals surface area contributed by atoms with Crippen molar-refractivity contribution in [1.82, 2.24) is 0 Å². The van der Waals surface area contributed by atoms with E-state index in [0.717, 1.165) is 0 Å². The van der Waals surface area contributed by atoms with Crippen molar-refractivity contribution in [3.05, 3.63) is 11.9 Å². The topological polar surface area (TPSA) is 37.3 Å². The minimum atomic E-state index is -5.02. The number of carboxylic acid groups (broad SMARTS) is 1. The van der Waals surface area contributed by atoms with Gasteiger partial charge in [0.25, 0.3) is 0 Å². The summed E-state index contributed by atoms with van der Waals surface area (Å²) < 4.78 is 49.0. The Balaban J connectivity index is 2.81. The summed E-state index contributed by atoms with van der Waals surface area (Å²) in [5.41, 5.74) is -0.533. The quantitative estimate of drug-likeness (QED) is 0.553. The van der Waals surface area contributed by atoms with Gasteiger partial charge in [0.05, 0.1) is 5.92 Å². The molecule has 0 aliphatic heterocycles. The van der Waals surface area contributed by atoms with Crippen molar-refractivity contribution in [2.24, 2.45) is 17.3 Å². The van der Waals surface area contributed by atoms with Crippen molar-refractivity contribution in [3.63, 3.8) is 0 Å². The van der Waals surface area contributed by atoms with Crippen LogP contribution in [0, 0.1) is 17.3 Å². The van der Waals surface area contributed by atoms with Gasteiger partial charge >= 0.3 is 12.1 Å². The number of rotatable bonds is 4. The number of hydrogen-bond donors (Lipinski definition) is 1. The predicted molar refractivity (Wildman–Crippen MR) is 69.1 cm³/mol. The molecule has 2 nitrogen and oxygen atoms in total. The van der Waals surface area contributed by atoms with Crippen molar-refractivity contribution in [2.75, 3.05) is 0 Å². The normalized spacial score (nSPS) is 29.8. The summed E-state index contributed by atoms with van der Waals surface area (Å²) in [7, 11) is 0. The summed E-state index contributed by atoms with van der Waals surface area (Å²) in [4.78, 5) is 9.45. The predicted octanol–water partition coefficient (Wildman–Crippen LogP) is 4.29. The Bertz CT molecular complexity index is 406. The molecule has 0 aromatic carbocycles. The maximum absolute atomic E-state index is 12.8. The van der Waals surface area contributed by atoms with E-state index in [0.29, 0.717) is 6.08 Å². The molecular weight excluding hydrogens is 400 g/mol. The second-order valence-corrected chi connectivity index (χ2v) is 7.18. The summed E-state index contributed by atoms with van der Waals surface area (Å²) in [5, 5.41) is 9.00. The third kappa shape index (κ3) is 3.51. The first-order valence-corrected chi connectivity index (χ1v) is 7.19. The van der Waals surface area contributed by atoms with E-state index in [4.69, 9.17) is 5.11 Å². The van der Waals surface area contributed by atoms with E-state index in [2.05, 4.69) is 31.9 Å². The molecule has 0 amide bonds. The van der Waals surface area contributed by atoms with Crippen LogP contribution in [0.5, 0.6) is 0 Å². The lowest BCUT2D eigenvalue weighted by molar-refractivity contribution is -0.139. The van der Waals surface area contributed by atoms with E-state index in [1.807, 2.05) is 0 Å². The Morgan fingerprint density at radius 2 is 1.84 bits per heavy atom. The van der Waals surface area contributed by atoms with Crippen LogP contribution < -0.4 is 0 Å². The first kappa shape index (κ1) is 16.9. The van der Waals surface area contributed by atoms with Gasteiger partial charge in [-0.1, -0.05) is 45.7 Å². The molecule has 1 aliphatic carbocycles. The Kier molecular flexibility index (Phi) is 4.77. The highest BCUT2D eigenvalue weighted by molar-refractivity contribution is 9.12. The fourth-order valence-electron chi connectivity index (χ4n) is 2.27. The molecule has 1 rings (SSSR count). The molecule has 0 saturated heterocycles. The number of aliphatic carboxylic acids is 1. The van der Waals surface area contributed by atoms with Gasteiger partial charge in [0.2, 0.25) is 5.83 Å². The number of carboxylic acids is 1. The van der Waals surface area contributed by atoms with Crippen LogP contribution in [0.1, 0.15) is 13.8 Å². The summed E-state index contributed by atoms with van der Waals surface area (Å²) in [6, 6.07) is 0. The van der Waals surface area contributed by atoms with Gasteiger partial charge < -0.3 is 5.11 Å². The van der Waals surface area contributed by atoms with Gasteiger partial charge in [-0.05, 0) is 17.4 Å². The molecular formula is C11H12Br2F4O2. The summed E-state index contributed by atoms with van der Waals surface area (Å²) in [6.07, 6.45) is -4.61. The van der Waals surface area contributed by atoms with E-state index < -0.39 is 39.0 Å². The largest absolute Gasteiger partial charge is 0.481 e. The minimum Gasteiger partial charge on any atom is -0.481 e. The van der Waals surface area contributed by atoms with Gasteiger partial charge in [-0.25, -0.2) is 4.39 Å². The molecule has 1 fully saturated rings. The van der Waals surface area contributed by atoms with Gasteiger partial charge in [-0.2, -0.15) is 13.2 Å². The highest BCUT2D eigenvalue weighted by atomic mass is 79.9. The van der Waals surface area contributed by atoms with Crippen LogP contribution >= 0.6 is 31.9 Å². The number of halogens is 6. The zero-order valence-electron chi connectivity index (χ0n) is 10.0. The molecule has 0 bridgehead atoms. The molecule has 0 heterocycles. The highest BCUT2D eigenvalue weighted by Crippen LogP contribution is 2.62. The molecule has 0 aromatic heterocycles. The van der Waals surface area contributed by atoms with Crippen molar-refractivity contribution < 1.29 is 27.5 Å². The van der Waals surface area contributed by atoms with Crippen LogP contribution in [0.3, 0.4) is 0 Å². The maximum atomic E-state index is 12.8. The van der Waals surface area contributed by atoms with Crippen LogP contribution in [0.15, 0.2) is 11.9 Å². The van der Waals surface area contributed by atoms with E-state index in [1.54, 1.807) is 13.8 Å². The van der Waals surface area contributed by atoms with E-state index in [9.17, 15) is 22.4 Å². The van der Waals surface area contributed by atoms with Crippen LogP contribution in [0.2, 0.25) is 0 Å². The van der Waals surface area contributed by atoms with Crippen LogP contribution in [0.25, 0.3) is 0 Å². The monoisotopic (exact) mass is 410 g/mol. The van der Waals surface area contributed by atoms with Gasteiger partial charge in [-0.3, -0.25) is 4.79 Å². The van der Waals surface area contributed by atoms with E-state index >= 15 is 0 Å². The average molecular weight is 412 g/mol. The van der Waals surface area contributed by atoms with Crippen LogP contribution in [-0.4, -0.2) is 26.9 Å². The standard InChI is InChI=1S/C11H12Br2F4O2/c1-10(2)6(7(10)9(18)19)8(13)4(12)3-5(14)11(15,16)17/h3-4,6-8H,1-2H3,(H,18,19)/b5-3-. The number of carbonyl (C=O) groups is 1. The molecule has 1 saturated carbocycles. The van der Waals surface area contributed by atoms with Crippen molar-refractivity contribution in [3.8, 4) is 0 Å². The SMILES string of the molecule is CC1(C)C(C(=O)O)C1C(Br)C(Br)/C=C(\F)C(F)(F)F. The molecule has 19 heavy (non-hydrogen) atoms. The number of allylic oxidation sites excluding steroid dienone is 2. The van der Waals surface area contributed by atoms with Crippen LogP contribution in [0.4, 0.5) is 17.6 Å². The van der Waals surface area contributed by atoms with E-state index in [1.165, 1.54) is 0 Å². The van der Waals surface area contributed by atoms with Crippen LogP contribution in [-0.2, 0) is 4.79 Å². The fourth-order valence-corrected chi connectivity index (χ4v) is 3.97. The molecule has 110 valence electrons. The van der Waals surface area contributed by atoms with Gasteiger partial charge in [0.1, 0.15) is 0 Å². The van der Waals surface area contributed by atoms with Crippen molar-refractivity contribution >= 4 is 37.8 Å². The zero-order valence-corrected chi connectivity index (χ0v) is 13.2. The van der Waals surface area contributed by atoms with Crippen molar-refractivity contribution in [1.29, 1.82) is 0 Å². The van der Waals surface area contributed by atoms with Gasteiger partial charge in [-0.15, -0.1) is 0 Å². The lowest BCUT2D eigenvalue weighted by atomic mass is 10.1. The smallest absolute Gasteiger partial charge is 0.442 e. The molecule has 8 heteroatoms. The van der Waals surface area contributed by atoms with E-state index in [-0.39, 0.29) is 5.92 Å². The second-order valence-electron chi connectivity index (χ2n) is 5.06. The second kappa shape index (κ2) is 5.35. The molecule has 0 radical (unpaired) electrons. The third-order valence-corrected chi connectivity index (χ3v) is 6.08. The lowest BCUT2D eigenvalue weighted by Crippen LogP contribution is -2.20. The third-order valence-electron chi connectivity index (χ3n) is 3.40. The summed E-state index contributed by atoms with van der Waals surface area (Å²) >= 11 is 6.11. The summed E-state index contributed by atoms with van der Waals surface area (Å²) in [5.74, 6) is -4.21. The Labute approximate surface area is 124 Å². The molecule has 1 N–H and O–H groups in total. The molecule has 0 aromatic rings. The fraction of sp³-hybridized carbons (Fsp3) is 0.727. The average Bonchev–Trinajstić information content (AvgIpc) is 2.78. The van der Waals surface area contributed by atoms with Crippen molar-refractivity contribution in [2.45, 2.75) is 29.7 Å². The summed E-state index contributed by atoms with van der Waals surface area (Å²) in [6.45, 7) is 3.43. The molecule has 4 unspecified atom stereocenters. The number of alkyl halides is 5. The Morgan fingerprint density at radius 1 is 1.37 bits per heavy atom.